The van der Waals surface area contributed by atoms with Crippen molar-refractivity contribution >= 4 is 34.2 Å². The van der Waals surface area contributed by atoms with Gasteiger partial charge in [-0.1, -0.05) is 60.7 Å². The normalized spacial score (nSPS) is 27.1. The van der Waals surface area contributed by atoms with Crippen LogP contribution in [0.5, 0.6) is 0 Å². The lowest BCUT2D eigenvalue weighted by atomic mass is 9.70. The van der Waals surface area contributed by atoms with E-state index in [2.05, 4.69) is 10.6 Å². The third-order valence-electron chi connectivity index (χ3n) is 8.48. The number of anilines is 1. The fraction of sp³-hybridized carbons (Fsp3) is 0.387. The molecule has 3 N–H and O–H groups in total. The number of likely N-dealkylation sites (tertiary alicyclic amines) is 1. The van der Waals surface area contributed by atoms with Crippen molar-refractivity contribution < 1.29 is 24.2 Å². The molecule has 2 bridgehead atoms. The number of hydrogen-bond donors (Lipinski definition) is 3. The lowest BCUT2D eigenvalue weighted by Gasteiger charge is -2.33. The van der Waals surface area contributed by atoms with E-state index in [0.717, 1.165) is 16.3 Å². The van der Waals surface area contributed by atoms with Crippen molar-refractivity contribution in [2.24, 2.45) is 11.8 Å². The molecular weight excluding hydrogens is 494 g/mol. The van der Waals surface area contributed by atoms with Crippen LogP contribution in [-0.2, 0) is 25.7 Å². The van der Waals surface area contributed by atoms with Gasteiger partial charge in [-0.25, -0.2) is 0 Å². The van der Waals surface area contributed by atoms with Crippen LogP contribution < -0.4 is 10.6 Å². The molecule has 202 valence electrons. The molecule has 1 spiro atoms. The molecule has 3 aromatic rings. The van der Waals surface area contributed by atoms with E-state index in [1.807, 2.05) is 72.8 Å². The molecule has 8 nitrogen and oxygen atoms in total. The molecule has 3 amide bonds. The van der Waals surface area contributed by atoms with Crippen LogP contribution in [0.4, 0.5) is 5.69 Å². The maximum Gasteiger partial charge on any atom is 0.250 e. The van der Waals surface area contributed by atoms with E-state index in [4.69, 9.17) is 4.74 Å². The molecule has 6 rings (SSSR count). The molecule has 39 heavy (non-hydrogen) atoms. The highest BCUT2D eigenvalue weighted by atomic mass is 16.5. The minimum atomic E-state index is -1.04. The summed E-state index contributed by atoms with van der Waals surface area (Å²) >= 11 is 0. The van der Waals surface area contributed by atoms with Crippen molar-refractivity contribution in [3.05, 3.63) is 78.4 Å². The maximum absolute atomic E-state index is 13.9. The van der Waals surface area contributed by atoms with Gasteiger partial charge in [-0.3, -0.25) is 14.4 Å². The smallest absolute Gasteiger partial charge is 0.250 e. The van der Waals surface area contributed by atoms with E-state index in [-0.39, 0.29) is 24.3 Å². The fourth-order valence-corrected chi connectivity index (χ4v) is 6.77. The largest absolute Gasteiger partial charge is 0.396 e. The molecular formula is C31H33N3O5. The molecule has 5 atom stereocenters. The summed E-state index contributed by atoms with van der Waals surface area (Å²) in [5.74, 6) is -2.10. The second-order valence-corrected chi connectivity index (χ2v) is 10.8. The van der Waals surface area contributed by atoms with Crippen molar-refractivity contribution in [2.45, 2.75) is 50.0 Å². The predicted octanol–water partition coefficient (Wildman–Crippen LogP) is 3.24. The number of aliphatic hydroxyl groups is 1. The third-order valence-corrected chi connectivity index (χ3v) is 8.48. The first kappa shape index (κ1) is 25.5. The molecule has 0 aromatic heterocycles. The molecule has 3 heterocycles. The molecule has 8 heteroatoms. The van der Waals surface area contributed by atoms with E-state index >= 15 is 0 Å². The molecule has 0 aliphatic carbocycles. The number of aliphatic hydroxyl groups excluding tert-OH is 1. The SMILES string of the molecule is O=C(Nc1ccc2ccccc2c1)C1N(CCCCO)C(=O)[C@@H]2[C@@H](C(=O)NCc3ccccc3)[C@H]3CCC12O3. The van der Waals surface area contributed by atoms with Crippen LogP contribution >= 0.6 is 0 Å². The van der Waals surface area contributed by atoms with E-state index in [9.17, 15) is 19.5 Å². The zero-order valence-electron chi connectivity index (χ0n) is 21.7. The number of nitrogens with zero attached hydrogens (tertiary/aromatic N) is 1. The Bertz CT molecular complexity index is 1400. The van der Waals surface area contributed by atoms with Gasteiger partial charge >= 0.3 is 0 Å². The zero-order valence-corrected chi connectivity index (χ0v) is 21.7. The van der Waals surface area contributed by atoms with E-state index in [0.29, 0.717) is 44.5 Å². The van der Waals surface area contributed by atoms with Crippen LogP contribution in [0.15, 0.2) is 72.8 Å². The molecule has 3 aromatic carbocycles. The van der Waals surface area contributed by atoms with E-state index in [1.54, 1.807) is 4.90 Å². The third kappa shape index (κ3) is 4.47. The Hall–Kier alpha value is -3.75. The molecule has 3 fully saturated rings. The average Bonchev–Trinajstić information content (AvgIpc) is 3.60. The molecule has 3 aliphatic rings. The number of ether oxygens (including phenoxy) is 1. The number of unbranched alkanes of at least 4 members (excludes halogenated alkanes) is 1. The Morgan fingerprint density at radius 2 is 1.74 bits per heavy atom. The Kier molecular flexibility index (Phi) is 6.83. The summed E-state index contributed by atoms with van der Waals surface area (Å²) in [7, 11) is 0. The minimum absolute atomic E-state index is 0.00758. The zero-order chi connectivity index (χ0) is 27.0. The van der Waals surface area contributed by atoms with Gasteiger partial charge in [-0.15, -0.1) is 0 Å². The number of carbonyl (C=O) groups is 3. The second-order valence-electron chi connectivity index (χ2n) is 10.8. The van der Waals surface area contributed by atoms with Gasteiger partial charge in [0.1, 0.15) is 11.6 Å². The van der Waals surface area contributed by atoms with Crippen LogP contribution in [0.3, 0.4) is 0 Å². The van der Waals surface area contributed by atoms with Gasteiger partial charge in [-0.05, 0) is 54.2 Å². The summed E-state index contributed by atoms with van der Waals surface area (Å²) in [4.78, 5) is 42.9. The summed E-state index contributed by atoms with van der Waals surface area (Å²) in [6, 6.07) is 22.4. The number of hydrogen-bond acceptors (Lipinski definition) is 5. The highest BCUT2D eigenvalue weighted by molar-refractivity contribution is 6.04. The van der Waals surface area contributed by atoms with Gasteiger partial charge in [0.05, 0.1) is 17.9 Å². The first-order valence-corrected chi connectivity index (χ1v) is 13.7. The number of rotatable bonds is 9. The Morgan fingerprint density at radius 3 is 2.54 bits per heavy atom. The van der Waals surface area contributed by atoms with Crippen LogP contribution in [0.2, 0.25) is 0 Å². The summed E-state index contributed by atoms with van der Waals surface area (Å²) in [5.41, 5.74) is 0.572. The van der Waals surface area contributed by atoms with Gasteiger partial charge in [0.2, 0.25) is 17.7 Å². The molecule has 3 aliphatic heterocycles. The van der Waals surface area contributed by atoms with Crippen molar-refractivity contribution in [3.63, 3.8) is 0 Å². The minimum Gasteiger partial charge on any atom is -0.396 e. The van der Waals surface area contributed by atoms with Gasteiger partial charge in [0, 0.05) is 25.4 Å². The highest BCUT2D eigenvalue weighted by Gasteiger charge is 2.74. The van der Waals surface area contributed by atoms with Crippen LogP contribution in [0.1, 0.15) is 31.2 Å². The molecule has 0 saturated carbocycles. The lowest BCUT2D eigenvalue weighted by Crippen LogP contribution is -2.53. The predicted molar refractivity (Wildman–Crippen MR) is 147 cm³/mol. The van der Waals surface area contributed by atoms with Crippen molar-refractivity contribution in [2.75, 3.05) is 18.5 Å². The maximum atomic E-state index is 13.9. The number of carbonyl (C=O) groups excluding carboxylic acids is 3. The highest BCUT2D eigenvalue weighted by Crippen LogP contribution is 2.58. The van der Waals surface area contributed by atoms with Gasteiger partial charge in [0.15, 0.2) is 0 Å². The van der Waals surface area contributed by atoms with E-state index in [1.165, 1.54) is 0 Å². The second kappa shape index (κ2) is 10.4. The van der Waals surface area contributed by atoms with Crippen molar-refractivity contribution in [1.29, 1.82) is 0 Å². The van der Waals surface area contributed by atoms with Crippen LogP contribution in [0.25, 0.3) is 10.8 Å². The average molecular weight is 528 g/mol. The number of nitrogens with one attached hydrogen (secondary N) is 2. The van der Waals surface area contributed by atoms with Crippen molar-refractivity contribution in [1.82, 2.24) is 10.2 Å². The van der Waals surface area contributed by atoms with Crippen LogP contribution in [-0.4, -0.2) is 58.6 Å². The Labute approximate surface area is 227 Å². The number of benzene rings is 3. The first-order valence-electron chi connectivity index (χ1n) is 13.7. The fourth-order valence-electron chi connectivity index (χ4n) is 6.77. The quantitative estimate of drug-likeness (QED) is 0.371. The van der Waals surface area contributed by atoms with Gasteiger partial charge in [0.25, 0.3) is 0 Å². The van der Waals surface area contributed by atoms with Crippen molar-refractivity contribution in [3.8, 4) is 0 Å². The first-order chi connectivity index (χ1) is 19.0. The Morgan fingerprint density at radius 1 is 0.974 bits per heavy atom. The Balaban J connectivity index is 1.27. The summed E-state index contributed by atoms with van der Waals surface area (Å²) in [5, 5.41) is 17.4. The van der Waals surface area contributed by atoms with E-state index < -0.39 is 29.6 Å². The van der Waals surface area contributed by atoms with Gasteiger partial charge in [-0.2, -0.15) is 0 Å². The van der Waals surface area contributed by atoms with Crippen LogP contribution in [0, 0.1) is 11.8 Å². The molecule has 2 unspecified atom stereocenters. The number of amides is 3. The molecule has 3 saturated heterocycles. The lowest BCUT2D eigenvalue weighted by molar-refractivity contribution is -0.141. The summed E-state index contributed by atoms with van der Waals surface area (Å²) < 4.78 is 6.48. The topological polar surface area (TPSA) is 108 Å². The standard InChI is InChI=1S/C31H33N3O5/c35-17-7-6-16-34-27(29(37)33-23-13-12-21-10-4-5-11-22(21)18-23)31-15-14-24(39-31)25(26(31)30(34)38)28(36)32-19-20-8-2-1-3-9-20/h1-5,8-13,18,24-27,35H,6-7,14-17,19H2,(H,32,36)(H,33,37)/t24-,25+,26+,27?,31?/m1/s1. The summed E-state index contributed by atoms with van der Waals surface area (Å²) in [6.45, 7) is 0.691. The monoisotopic (exact) mass is 527 g/mol. The summed E-state index contributed by atoms with van der Waals surface area (Å²) in [6.07, 6.45) is 1.84. The molecule has 0 radical (unpaired) electrons. The van der Waals surface area contributed by atoms with Gasteiger partial charge < -0.3 is 25.4 Å². The number of fused-ring (bicyclic) bond motifs is 2.